The Bertz CT molecular complexity index is 447. The first-order valence-electron chi connectivity index (χ1n) is 5.35. The van der Waals surface area contributed by atoms with Gasteiger partial charge < -0.3 is 0 Å². The van der Waals surface area contributed by atoms with E-state index in [1.54, 1.807) is 0 Å². The first-order chi connectivity index (χ1) is 7.25. The molecule has 0 aromatic heterocycles. The lowest BCUT2D eigenvalue weighted by atomic mass is 9.99. The molecule has 0 aliphatic heterocycles. The van der Waals surface area contributed by atoms with Gasteiger partial charge in [0.2, 0.25) is 0 Å². The van der Waals surface area contributed by atoms with Crippen LogP contribution in [-0.2, 0) is 0 Å². The summed E-state index contributed by atoms with van der Waals surface area (Å²) in [5.41, 5.74) is 5.63. The molecule has 1 aromatic rings. The quantitative estimate of drug-likeness (QED) is 0.618. The third-order valence-electron chi connectivity index (χ3n) is 3.19. The Balaban J connectivity index is 2.54. The fraction of sp³-hybridized carbons (Fsp3) is 0.200. The molecule has 76 valence electrons. The summed E-state index contributed by atoms with van der Waals surface area (Å²) >= 11 is 0. The zero-order chi connectivity index (χ0) is 10.8. The fourth-order valence-corrected chi connectivity index (χ4v) is 2.18. The average Bonchev–Trinajstić information content (AvgIpc) is 2.51. The monoisotopic (exact) mass is 196 g/mol. The SMILES string of the molecule is C=C/C=C\C1=C(C)C(C)c2ccccc21. The van der Waals surface area contributed by atoms with Crippen LogP contribution in [0, 0.1) is 0 Å². The second-order valence-electron chi connectivity index (χ2n) is 4.00. The molecule has 0 spiro atoms. The molecule has 2 rings (SSSR count). The van der Waals surface area contributed by atoms with Gasteiger partial charge in [-0.15, -0.1) is 0 Å². The van der Waals surface area contributed by atoms with E-state index in [0.29, 0.717) is 5.92 Å². The van der Waals surface area contributed by atoms with E-state index in [1.807, 2.05) is 12.2 Å². The van der Waals surface area contributed by atoms with Gasteiger partial charge in [0.15, 0.2) is 0 Å². The highest BCUT2D eigenvalue weighted by Crippen LogP contribution is 2.41. The van der Waals surface area contributed by atoms with Crippen molar-refractivity contribution in [3.8, 4) is 0 Å². The van der Waals surface area contributed by atoms with Crippen LogP contribution < -0.4 is 0 Å². The molecule has 0 nitrogen and oxygen atoms in total. The summed E-state index contributed by atoms with van der Waals surface area (Å²) in [5.74, 6) is 0.547. The molecule has 1 aliphatic rings. The molecule has 1 atom stereocenters. The number of benzene rings is 1. The van der Waals surface area contributed by atoms with E-state index < -0.39 is 0 Å². The zero-order valence-electron chi connectivity index (χ0n) is 9.33. The molecular formula is C15H16. The number of hydrogen-bond donors (Lipinski definition) is 0. The molecule has 0 heteroatoms. The minimum absolute atomic E-state index is 0.547. The maximum absolute atomic E-state index is 3.71. The lowest BCUT2D eigenvalue weighted by Gasteiger charge is -2.05. The second-order valence-corrected chi connectivity index (χ2v) is 4.00. The Kier molecular flexibility index (Phi) is 2.59. The minimum Gasteiger partial charge on any atom is -0.0991 e. The van der Waals surface area contributed by atoms with Crippen LogP contribution in [0.2, 0.25) is 0 Å². The van der Waals surface area contributed by atoms with Crippen LogP contribution in [0.5, 0.6) is 0 Å². The van der Waals surface area contributed by atoms with Gasteiger partial charge in [0.25, 0.3) is 0 Å². The molecule has 1 aliphatic carbocycles. The van der Waals surface area contributed by atoms with Gasteiger partial charge in [-0.1, -0.05) is 61.6 Å². The summed E-state index contributed by atoms with van der Waals surface area (Å²) in [5, 5.41) is 0. The Morgan fingerprint density at radius 1 is 1.27 bits per heavy atom. The smallest absolute Gasteiger partial charge is 0.00324 e. The predicted molar refractivity (Wildman–Crippen MR) is 66.8 cm³/mol. The third-order valence-corrected chi connectivity index (χ3v) is 3.19. The van der Waals surface area contributed by atoms with Gasteiger partial charge in [0, 0.05) is 5.92 Å². The van der Waals surface area contributed by atoms with E-state index in [0.717, 1.165) is 0 Å². The van der Waals surface area contributed by atoms with Gasteiger partial charge in [0.05, 0.1) is 0 Å². The highest BCUT2D eigenvalue weighted by molar-refractivity contribution is 5.84. The Morgan fingerprint density at radius 2 is 2.00 bits per heavy atom. The normalized spacial score (nSPS) is 19.7. The predicted octanol–water partition coefficient (Wildman–Crippen LogP) is 4.32. The van der Waals surface area contributed by atoms with Crippen molar-refractivity contribution in [1.29, 1.82) is 0 Å². The lowest BCUT2D eigenvalue weighted by Crippen LogP contribution is -1.88. The van der Waals surface area contributed by atoms with Gasteiger partial charge in [0.1, 0.15) is 0 Å². The van der Waals surface area contributed by atoms with Gasteiger partial charge in [-0.2, -0.15) is 0 Å². The van der Waals surface area contributed by atoms with E-state index in [4.69, 9.17) is 0 Å². The maximum Gasteiger partial charge on any atom is 0.00324 e. The molecule has 1 unspecified atom stereocenters. The summed E-state index contributed by atoms with van der Waals surface area (Å²) in [6.45, 7) is 8.19. The number of rotatable bonds is 2. The van der Waals surface area contributed by atoms with E-state index in [-0.39, 0.29) is 0 Å². The van der Waals surface area contributed by atoms with Crippen LogP contribution in [0.15, 0.2) is 54.6 Å². The van der Waals surface area contributed by atoms with Crippen molar-refractivity contribution in [3.05, 3.63) is 65.8 Å². The first-order valence-corrected chi connectivity index (χ1v) is 5.35. The molecule has 0 radical (unpaired) electrons. The standard InChI is InChI=1S/C15H16/c1-4-5-8-13-11(2)12(3)14-9-6-7-10-15(13)14/h4-10,12H,1H2,2-3H3/b8-5-. The number of allylic oxidation sites excluding steroid dienone is 5. The molecule has 0 saturated heterocycles. The van der Waals surface area contributed by atoms with Crippen LogP contribution in [0.4, 0.5) is 0 Å². The zero-order valence-corrected chi connectivity index (χ0v) is 9.33. The van der Waals surface area contributed by atoms with Gasteiger partial charge in [-0.05, 0) is 23.6 Å². The lowest BCUT2D eigenvalue weighted by molar-refractivity contribution is 0.920. The van der Waals surface area contributed by atoms with E-state index in [2.05, 4.69) is 50.8 Å². The van der Waals surface area contributed by atoms with Crippen molar-refractivity contribution in [2.75, 3.05) is 0 Å². The molecule has 0 bridgehead atoms. The molecule has 1 aromatic carbocycles. The van der Waals surface area contributed by atoms with Crippen molar-refractivity contribution >= 4 is 5.57 Å². The van der Waals surface area contributed by atoms with Crippen LogP contribution in [0.25, 0.3) is 5.57 Å². The summed E-state index contributed by atoms with van der Waals surface area (Å²) in [7, 11) is 0. The van der Waals surface area contributed by atoms with Crippen LogP contribution >= 0.6 is 0 Å². The van der Waals surface area contributed by atoms with Gasteiger partial charge in [-0.3, -0.25) is 0 Å². The molecular weight excluding hydrogens is 180 g/mol. The molecule has 0 saturated carbocycles. The topological polar surface area (TPSA) is 0 Å². The van der Waals surface area contributed by atoms with Crippen LogP contribution in [-0.4, -0.2) is 0 Å². The van der Waals surface area contributed by atoms with Gasteiger partial charge in [-0.25, -0.2) is 0 Å². The van der Waals surface area contributed by atoms with Gasteiger partial charge >= 0.3 is 0 Å². The third kappa shape index (κ3) is 1.56. The number of hydrogen-bond acceptors (Lipinski definition) is 0. The Labute approximate surface area is 91.6 Å². The van der Waals surface area contributed by atoms with E-state index in [1.165, 1.54) is 22.3 Å². The average molecular weight is 196 g/mol. The molecule has 0 heterocycles. The molecule has 0 fully saturated rings. The summed E-state index contributed by atoms with van der Waals surface area (Å²) < 4.78 is 0. The molecule has 15 heavy (non-hydrogen) atoms. The molecule has 0 N–H and O–H groups in total. The van der Waals surface area contributed by atoms with Crippen LogP contribution in [0.1, 0.15) is 30.9 Å². The maximum atomic E-state index is 3.71. The summed E-state index contributed by atoms with van der Waals surface area (Å²) in [4.78, 5) is 0. The van der Waals surface area contributed by atoms with Crippen molar-refractivity contribution in [2.45, 2.75) is 19.8 Å². The van der Waals surface area contributed by atoms with Crippen molar-refractivity contribution in [3.63, 3.8) is 0 Å². The van der Waals surface area contributed by atoms with E-state index in [9.17, 15) is 0 Å². The summed E-state index contributed by atoms with van der Waals surface area (Å²) in [6.07, 6.45) is 5.99. The van der Waals surface area contributed by atoms with Crippen molar-refractivity contribution in [1.82, 2.24) is 0 Å². The minimum atomic E-state index is 0.547. The largest absolute Gasteiger partial charge is 0.0991 e. The molecule has 0 amide bonds. The Hall–Kier alpha value is -1.56. The van der Waals surface area contributed by atoms with Crippen LogP contribution in [0.3, 0.4) is 0 Å². The second kappa shape index (κ2) is 3.90. The highest BCUT2D eigenvalue weighted by Gasteiger charge is 2.22. The number of fused-ring (bicyclic) bond motifs is 1. The first kappa shape index (κ1) is 9.97. The van der Waals surface area contributed by atoms with Crippen molar-refractivity contribution in [2.24, 2.45) is 0 Å². The van der Waals surface area contributed by atoms with E-state index >= 15 is 0 Å². The van der Waals surface area contributed by atoms with Crippen molar-refractivity contribution < 1.29 is 0 Å². The Morgan fingerprint density at radius 3 is 2.73 bits per heavy atom. The fourth-order valence-electron chi connectivity index (χ4n) is 2.18. The summed E-state index contributed by atoms with van der Waals surface area (Å²) in [6, 6.07) is 8.64. The highest BCUT2D eigenvalue weighted by atomic mass is 14.3.